The van der Waals surface area contributed by atoms with Crippen LogP contribution in [0.25, 0.3) is 16.3 Å². The van der Waals surface area contributed by atoms with Gasteiger partial charge in [-0.3, -0.25) is 4.79 Å². The zero-order valence-electron chi connectivity index (χ0n) is 15.2. The molecule has 27 heavy (non-hydrogen) atoms. The Bertz CT molecular complexity index is 1060. The average Bonchev–Trinajstić information content (AvgIpc) is 3.02. The molecule has 3 aromatic rings. The average molecular weight is 380 g/mol. The van der Waals surface area contributed by atoms with Gasteiger partial charge in [-0.2, -0.15) is 4.99 Å². The Morgan fingerprint density at radius 2 is 1.89 bits per heavy atom. The fourth-order valence-corrected chi connectivity index (χ4v) is 3.71. The molecule has 138 valence electrons. The molecule has 0 spiro atoms. The van der Waals surface area contributed by atoms with E-state index in [1.54, 1.807) is 26.4 Å². The third kappa shape index (κ3) is 4.17. The van der Waals surface area contributed by atoms with E-state index >= 15 is 0 Å². The second-order valence-corrected chi connectivity index (χ2v) is 6.66. The fourth-order valence-electron chi connectivity index (χ4n) is 2.65. The molecule has 5 nitrogen and oxygen atoms in total. The molecule has 0 saturated heterocycles. The summed E-state index contributed by atoms with van der Waals surface area (Å²) in [5, 5.41) is 0. The summed E-state index contributed by atoms with van der Waals surface area (Å²) in [6.45, 7) is 4.33. The van der Waals surface area contributed by atoms with Gasteiger partial charge < -0.3 is 14.0 Å². The predicted octanol–water partition coefficient (Wildman–Crippen LogP) is 4.05. The molecular weight excluding hydrogens is 360 g/mol. The van der Waals surface area contributed by atoms with E-state index in [-0.39, 0.29) is 5.91 Å². The number of amides is 1. The standard InChI is InChI=1S/C21H20N2O3S/c1-4-12-23-16-13-17(25-2)18(26-3)14-19(16)27-21(23)22-20(24)11-10-15-8-6-5-7-9-15/h4-11,13-14H,1,12H2,2-3H3/b11-10+,22-21?. The van der Waals surface area contributed by atoms with Gasteiger partial charge in [0.2, 0.25) is 0 Å². The van der Waals surface area contributed by atoms with Crippen molar-refractivity contribution in [3.63, 3.8) is 0 Å². The van der Waals surface area contributed by atoms with Gasteiger partial charge in [0.1, 0.15) is 0 Å². The summed E-state index contributed by atoms with van der Waals surface area (Å²) < 4.78 is 13.6. The number of fused-ring (bicyclic) bond motifs is 1. The maximum atomic E-state index is 12.3. The minimum absolute atomic E-state index is 0.317. The predicted molar refractivity (Wildman–Crippen MR) is 109 cm³/mol. The Kier molecular flexibility index (Phi) is 5.88. The molecule has 0 atom stereocenters. The van der Waals surface area contributed by atoms with Crippen LogP contribution >= 0.6 is 11.3 Å². The van der Waals surface area contributed by atoms with Crippen molar-refractivity contribution in [2.75, 3.05) is 14.2 Å². The SMILES string of the molecule is C=CCn1c(=NC(=O)/C=C/c2ccccc2)sc2cc(OC)c(OC)cc21. The van der Waals surface area contributed by atoms with Crippen molar-refractivity contribution in [2.24, 2.45) is 4.99 Å². The van der Waals surface area contributed by atoms with Gasteiger partial charge in [-0.05, 0) is 11.6 Å². The van der Waals surface area contributed by atoms with Crippen LogP contribution in [0.5, 0.6) is 11.5 Å². The molecule has 0 radical (unpaired) electrons. The lowest BCUT2D eigenvalue weighted by Gasteiger charge is -2.08. The van der Waals surface area contributed by atoms with Crippen molar-refractivity contribution >= 4 is 33.5 Å². The minimum atomic E-state index is -0.317. The summed E-state index contributed by atoms with van der Waals surface area (Å²) >= 11 is 1.42. The maximum Gasteiger partial charge on any atom is 0.272 e. The summed E-state index contributed by atoms with van der Waals surface area (Å²) in [4.78, 5) is 17.2. The smallest absolute Gasteiger partial charge is 0.272 e. The lowest BCUT2D eigenvalue weighted by atomic mass is 10.2. The normalized spacial score (nSPS) is 11.9. The zero-order chi connectivity index (χ0) is 19.2. The van der Waals surface area contributed by atoms with Gasteiger partial charge in [0.05, 0.1) is 24.4 Å². The van der Waals surface area contributed by atoms with E-state index in [2.05, 4.69) is 11.6 Å². The van der Waals surface area contributed by atoms with Crippen molar-refractivity contribution in [1.29, 1.82) is 0 Å². The molecule has 0 aliphatic carbocycles. The number of benzene rings is 2. The molecular formula is C21H20N2O3S. The third-order valence-corrected chi connectivity index (χ3v) is 4.96. The van der Waals surface area contributed by atoms with E-state index in [9.17, 15) is 4.79 Å². The number of rotatable bonds is 6. The van der Waals surface area contributed by atoms with Crippen molar-refractivity contribution < 1.29 is 14.3 Å². The maximum absolute atomic E-state index is 12.3. The van der Waals surface area contributed by atoms with E-state index in [0.717, 1.165) is 15.8 Å². The van der Waals surface area contributed by atoms with Crippen LogP contribution < -0.4 is 14.3 Å². The highest BCUT2D eigenvalue weighted by Crippen LogP contribution is 2.33. The first-order valence-corrected chi connectivity index (χ1v) is 9.16. The monoisotopic (exact) mass is 380 g/mol. The molecule has 6 heteroatoms. The molecule has 0 fully saturated rings. The van der Waals surface area contributed by atoms with Crippen LogP contribution in [0.3, 0.4) is 0 Å². The van der Waals surface area contributed by atoms with E-state index in [1.165, 1.54) is 17.4 Å². The van der Waals surface area contributed by atoms with Crippen molar-refractivity contribution in [3.05, 3.63) is 71.6 Å². The lowest BCUT2D eigenvalue weighted by Crippen LogP contribution is -2.15. The van der Waals surface area contributed by atoms with E-state index in [1.807, 2.05) is 47.0 Å². The Hall–Kier alpha value is -3.12. The Morgan fingerprint density at radius 1 is 1.19 bits per heavy atom. The molecule has 1 amide bonds. The Morgan fingerprint density at radius 3 is 2.56 bits per heavy atom. The first-order chi connectivity index (χ1) is 13.2. The number of ether oxygens (including phenoxy) is 2. The number of methoxy groups -OCH3 is 2. The van der Waals surface area contributed by atoms with Crippen molar-refractivity contribution in [1.82, 2.24) is 4.57 Å². The Labute approximate surface area is 161 Å². The van der Waals surface area contributed by atoms with Crippen molar-refractivity contribution in [2.45, 2.75) is 6.54 Å². The molecule has 1 heterocycles. The van der Waals surface area contributed by atoms with Crippen LogP contribution in [-0.4, -0.2) is 24.7 Å². The molecule has 1 aromatic heterocycles. The number of carbonyl (C=O) groups is 1. The summed E-state index contributed by atoms with van der Waals surface area (Å²) in [5.74, 6) is 0.948. The van der Waals surface area contributed by atoms with Gasteiger partial charge in [0.15, 0.2) is 16.3 Å². The summed E-state index contributed by atoms with van der Waals surface area (Å²) in [6, 6.07) is 13.4. The molecule has 0 aliphatic rings. The topological polar surface area (TPSA) is 52.8 Å². The second kappa shape index (κ2) is 8.51. The van der Waals surface area contributed by atoms with Crippen molar-refractivity contribution in [3.8, 4) is 11.5 Å². The van der Waals surface area contributed by atoms with Gasteiger partial charge in [0.25, 0.3) is 5.91 Å². The van der Waals surface area contributed by atoms with Crippen LogP contribution in [0.4, 0.5) is 0 Å². The quantitative estimate of drug-likeness (QED) is 0.479. The highest BCUT2D eigenvalue weighted by atomic mass is 32.1. The number of nitrogens with zero attached hydrogens (tertiary/aromatic N) is 2. The van der Waals surface area contributed by atoms with Crippen LogP contribution in [0.15, 0.2) is 66.2 Å². The second-order valence-electron chi connectivity index (χ2n) is 5.65. The fraction of sp³-hybridized carbons (Fsp3) is 0.143. The van der Waals surface area contributed by atoms with Gasteiger partial charge >= 0.3 is 0 Å². The Balaban J connectivity index is 2.05. The largest absolute Gasteiger partial charge is 0.493 e. The molecule has 2 aromatic carbocycles. The molecule has 0 N–H and O–H groups in total. The molecule has 0 bridgehead atoms. The van der Waals surface area contributed by atoms with Gasteiger partial charge in [-0.25, -0.2) is 0 Å². The molecule has 0 saturated carbocycles. The molecule has 3 rings (SSSR count). The van der Waals surface area contributed by atoms with Crippen LogP contribution in [0.1, 0.15) is 5.56 Å². The number of thiazole rings is 1. The van der Waals surface area contributed by atoms with Gasteiger partial charge in [-0.15, -0.1) is 6.58 Å². The number of hydrogen-bond donors (Lipinski definition) is 0. The van der Waals surface area contributed by atoms with E-state index in [4.69, 9.17) is 9.47 Å². The van der Waals surface area contributed by atoms with Gasteiger partial charge in [0, 0.05) is 24.8 Å². The molecule has 0 unspecified atom stereocenters. The van der Waals surface area contributed by atoms with Crippen LogP contribution in [-0.2, 0) is 11.3 Å². The highest BCUT2D eigenvalue weighted by Gasteiger charge is 2.12. The van der Waals surface area contributed by atoms with Crippen LogP contribution in [0.2, 0.25) is 0 Å². The lowest BCUT2D eigenvalue weighted by molar-refractivity contribution is -0.113. The van der Waals surface area contributed by atoms with E-state index < -0.39 is 0 Å². The minimum Gasteiger partial charge on any atom is -0.493 e. The first-order valence-electron chi connectivity index (χ1n) is 8.34. The number of allylic oxidation sites excluding steroid dienone is 1. The van der Waals surface area contributed by atoms with Crippen LogP contribution in [0, 0.1) is 0 Å². The highest BCUT2D eigenvalue weighted by molar-refractivity contribution is 7.16. The molecule has 0 aliphatic heterocycles. The summed E-state index contributed by atoms with van der Waals surface area (Å²) in [7, 11) is 3.19. The third-order valence-electron chi connectivity index (χ3n) is 3.92. The number of hydrogen-bond acceptors (Lipinski definition) is 4. The van der Waals surface area contributed by atoms with Gasteiger partial charge in [-0.1, -0.05) is 47.7 Å². The summed E-state index contributed by atoms with van der Waals surface area (Å²) in [5.41, 5.74) is 1.86. The zero-order valence-corrected chi connectivity index (χ0v) is 16.0. The first kappa shape index (κ1) is 18.7. The van der Waals surface area contributed by atoms with E-state index in [0.29, 0.717) is 22.8 Å². The number of carbonyl (C=O) groups excluding carboxylic acids is 1. The number of aromatic nitrogens is 1. The summed E-state index contributed by atoms with van der Waals surface area (Å²) in [6.07, 6.45) is 4.99.